The van der Waals surface area contributed by atoms with Crippen LogP contribution in [0.2, 0.25) is 0 Å². The molecule has 3 amide bonds. The van der Waals surface area contributed by atoms with Crippen LogP contribution >= 0.6 is 11.8 Å². The molecule has 7 nitrogen and oxygen atoms in total. The van der Waals surface area contributed by atoms with Crippen LogP contribution in [-0.2, 0) is 11.3 Å². The molecule has 1 aromatic heterocycles. The maximum absolute atomic E-state index is 12.9. The maximum atomic E-state index is 12.9. The number of para-hydroxylation sites is 2. The van der Waals surface area contributed by atoms with Crippen LogP contribution in [-0.4, -0.2) is 27.2 Å². The zero-order valence-electron chi connectivity index (χ0n) is 16.9. The summed E-state index contributed by atoms with van der Waals surface area (Å²) in [5, 5.41) is 5.92. The van der Waals surface area contributed by atoms with Gasteiger partial charge in [0.25, 0.3) is 5.56 Å². The topological polar surface area (TPSA) is 93.1 Å². The third-order valence-corrected chi connectivity index (χ3v) is 5.35. The minimum absolute atomic E-state index is 0.0331. The summed E-state index contributed by atoms with van der Waals surface area (Å²) >= 11 is 1.14. The van der Waals surface area contributed by atoms with Gasteiger partial charge in [-0.3, -0.25) is 19.5 Å². The largest absolute Gasteiger partial charge is 0.325 e. The maximum Gasteiger partial charge on any atom is 0.325 e. The average molecular weight is 425 g/mol. The third-order valence-electron chi connectivity index (χ3n) is 4.37. The van der Waals surface area contributed by atoms with E-state index < -0.39 is 11.9 Å². The lowest BCUT2D eigenvalue weighted by Gasteiger charge is -2.14. The van der Waals surface area contributed by atoms with Crippen molar-refractivity contribution < 1.29 is 9.59 Å². The summed E-state index contributed by atoms with van der Waals surface area (Å²) in [7, 11) is 0. The van der Waals surface area contributed by atoms with Gasteiger partial charge in [-0.05, 0) is 36.6 Å². The van der Waals surface area contributed by atoms with Crippen molar-refractivity contribution in [1.82, 2.24) is 14.9 Å². The molecule has 0 spiro atoms. The molecule has 0 saturated carbocycles. The highest BCUT2D eigenvalue weighted by Gasteiger charge is 2.15. The lowest BCUT2D eigenvalue weighted by molar-refractivity contribution is -0.117. The summed E-state index contributed by atoms with van der Waals surface area (Å²) in [6.07, 6.45) is 0.819. The standard InChI is InChI=1S/C22H24N4O3S/c1-15(2)12-13-26-20(28)17-10-6-7-11-18(17)24-22(26)30-14-19(27)25-21(29)23-16-8-4-3-5-9-16/h3-11,15H,12-14H2,1-2H3,(H2,23,25,27,29). The number of benzene rings is 2. The van der Waals surface area contributed by atoms with Gasteiger partial charge >= 0.3 is 6.03 Å². The summed E-state index contributed by atoms with van der Waals surface area (Å²) in [6, 6.07) is 15.4. The summed E-state index contributed by atoms with van der Waals surface area (Å²) < 4.78 is 1.62. The number of thioether (sulfide) groups is 1. The average Bonchev–Trinajstić information content (AvgIpc) is 2.72. The number of rotatable bonds is 7. The van der Waals surface area contributed by atoms with E-state index in [0.29, 0.717) is 34.2 Å². The van der Waals surface area contributed by atoms with Gasteiger partial charge in [0.2, 0.25) is 5.91 Å². The summed E-state index contributed by atoms with van der Waals surface area (Å²) in [5.41, 5.74) is 1.06. The molecule has 0 aliphatic rings. The Balaban J connectivity index is 1.71. The number of carbonyl (C=O) groups is 2. The second kappa shape index (κ2) is 10.1. The molecule has 0 bridgehead atoms. The van der Waals surface area contributed by atoms with Gasteiger partial charge < -0.3 is 5.32 Å². The predicted molar refractivity (Wildman–Crippen MR) is 120 cm³/mol. The second-order valence-corrected chi connectivity index (χ2v) is 8.15. The highest BCUT2D eigenvalue weighted by molar-refractivity contribution is 7.99. The Hall–Kier alpha value is -3.13. The predicted octanol–water partition coefficient (Wildman–Crippen LogP) is 3.88. The Kier molecular flexibility index (Phi) is 7.24. The summed E-state index contributed by atoms with van der Waals surface area (Å²) in [5.74, 6) is -0.0771. The van der Waals surface area contributed by atoms with Crippen molar-refractivity contribution >= 4 is 40.3 Å². The Morgan fingerprint density at radius 1 is 1.07 bits per heavy atom. The quantitative estimate of drug-likeness (QED) is 0.443. The van der Waals surface area contributed by atoms with Crippen LogP contribution in [0.1, 0.15) is 20.3 Å². The number of imide groups is 1. The summed E-state index contributed by atoms with van der Waals surface area (Å²) in [4.78, 5) is 41.7. The highest BCUT2D eigenvalue weighted by Crippen LogP contribution is 2.19. The second-order valence-electron chi connectivity index (χ2n) is 7.21. The van der Waals surface area contributed by atoms with Gasteiger partial charge in [-0.25, -0.2) is 9.78 Å². The molecule has 0 radical (unpaired) electrons. The van der Waals surface area contributed by atoms with E-state index >= 15 is 0 Å². The number of nitrogens with one attached hydrogen (secondary N) is 2. The number of urea groups is 1. The first-order chi connectivity index (χ1) is 14.4. The minimum atomic E-state index is -0.601. The van der Waals surface area contributed by atoms with E-state index in [1.807, 2.05) is 18.2 Å². The van der Waals surface area contributed by atoms with Gasteiger partial charge in [-0.1, -0.05) is 55.9 Å². The molecule has 3 aromatic rings. The molecule has 0 aliphatic carbocycles. The molecule has 0 aliphatic heterocycles. The van der Waals surface area contributed by atoms with Crippen LogP contribution in [0.15, 0.2) is 64.5 Å². The highest BCUT2D eigenvalue weighted by atomic mass is 32.2. The van der Waals surface area contributed by atoms with Crippen molar-refractivity contribution in [2.45, 2.75) is 32.0 Å². The molecule has 156 valence electrons. The van der Waals surface area contributed by atoms with Gasteiger partial charge in [-0.2, -0.15) is 0 Å². The molecule has 0 fully saturated rings. The van der Waals surface area contributed by atoms with E-state index in [4.69, 9.17) is 0 Å². The number of hydrogen-bond acceptors (Lipinski definition) is 5. The number of fused-ring (bicyclic) bond motifs is 1. The molecule has 30 heavy (non-hydrogen) atoms. The number of hydrogen-bond donors (Lipinski definition) is 2. The lowest BCUT2D eigenvalue weighted by Crippen LogP contribution is -2.35. The molecule has 0 unspecified atom stereocenters. The fraction of sp³-hybridized carbons (Fsp3) is 0.273. The molecule has 0 atom stereocenters. The van der Waals surface area contributed by atoms with Gasteiger partial charge in [0.05, 0.1) is 16.7 Å². The number of carbonyl (C=O) groups excluding carboxylic acids is 2. The van der Waals surface area contributed by atoms with E-state index in [9.17, 15) is 14.4 Å². The van der Waals surface area contributed by atoms with Crippen LogP contribution in [0.4, 0.5) is 10.5 Å². The van der Waals surface area contributed by atoms with Gasteiger partial charge in [0.1, 0.15) is 0 Å². The van der Waals surface area contributed by atoms with Crippen molar-refractivity contribution in [3.05, 3.63) is 65.0 Å². The Labute approximate surface area is 178 Å². The zero-order chi connectivity index (χ0) is 21.5. The molecule has 1 heterocycles. The first-order valence-electron chi connectivity index (χ1n) is 9.72. The van der Waals surface area contributed by atoms with Crippen LogP contribution in [0.3, 0.4) is 0 Å². The summed E-state index contributed by atoms with van der Waals surface area (Å²) in [6.45, 7) is 4.70. The first kappa shape index (κ1) is 21.6. The van der Waals surface area contributed by atoms with Crippen molar-refractivity contribution in [1.29, 1.82) is 0 Å². The minimum Gasteiger partial charge on any atom is -0.308 e. The monoisotopic (exact) mass is 424 g/mol. The molecular formula is C22H24N4O3S. The van der Waals surface area contributed by atoms with Crippen LogP contribution < -0.4 is 16.2 Å². The molecule has 2 aromatic carbocycles. The normalized spacial score (nSPS) is 10.9. The van der Waals surface area contributed by atoms with E-state index in [1.54, 1.807) is 41.0 Å². The van der Waals surface area contributed by atoms with Gasteiger partial charge in [-0.15, -0.1) is 0 Å². The van der Waals surface area contributed by atoms with E-state index in [1.165, 1.54) is 0 Å². The fourth-order valence-corrected chi connectivity index (χ4v) is 3.64. The van der Waals surface area contributed by atoms with Crippen LogP contribution in [0.5, 0.6) is 0 Å². The molecular weight excluding hydrogens is 400 g/mol. The van der Waals surface area contributed by atoms with Crippen LogP contribution in [0.25, 0.3) is 10.9 Å². The van der Waals surface area contributed by atoms with Gasteiger partial charge in [0, 0.05) is 12.2 Å². The first-order valence-corrected chi connectivity index (χ1v) is 10.7. The number of anilines is 1. The van der Waals surface area contributed by atoms with E-state index in [2.05, 4.69) is 29.5 Å². The lowest BCUT2D eigenvalue weighted by atomic mass is 10.1. The molecule has 3 rings (SSSR count). The molecule has 0 saturated heterocycles. The van der Waals surface area contributed by atoms with Crippen LogP contribution in [0, 0.1) is 5.92 Å². The van der Waals surface area contributed by atoms with Crippen molar-refractivity contribution in [2.24, 2.45) is 5.92 Å². The Bertz CT molecular complexity index is 1100. The van der Waals surface area contributed by atoms with Crippen molar-refractivity contribution in [3.63, 3.8) is 0 Å². The molecule has 2 N–H and O–H groups in total. The van der Waals surface area contributed by atoms with E-state index in [0.717, 1.165) is 18.2 Å². The zero-order valence-corrected chi connectivity index (χ0v) is 17.7. The van der Waals surface area contributed by atoms with Crippen molar-refractivity contribution in [3.8, 4) is 0 Å². The Morgan fingerprint density at radius 2 is 1.77 bits per heavy atom. The third kappa shape index (κ3) is 5.70. The fourth-order valence-electron chi connectivity index (χ4n) is 2.82. The molecule has 8 heteroatoms. The van der Waals surface area contributed by atoms with E-state index in [-0.39, 0.29) is 11.3 Å². The van der Waals surface area contributed by atoms with Crippen molar-refractivity contribution in [2.75, 3.05) is 11.1 Å². The smallest absolute Gasteiger partial charge is 0.308 e. The number of nitrogens with zero attached hydrogens (tertiary/aromatic N) is 2. The number of aromatic nitrogens is 2. The Morgan fingerprint density at radius 3 is 2.50 bits per heavy atom. The number of amides is 3. The van der Waals surface area contributed by atoms with Gasteiger partial charge in [0.15, 0.2) is 5.16 Å². The SMILES string of the molecule is CC(C)CCn1c(SCC(=O)NC(=O)Nc2ccccc2)nc2ccccc2c1=O.